The van der Waals surface area contributed by atoms with E-state index in [0.29, 0.717) is 11.4 Å². The van der Waals surface area contributed by atoms with Crippen molar-refractivity contribution in [3.05, 3.63) is 49.6 Å². The van der Waals surface area contributed by atoms with Crippen LogP contribution in [0, 0.1) is 21.8 Å². The zero-order chi connectivity index (χ0) is 13.1. The summed E-state index contributed by atoms with van der Waals surface area (Å²) in [6, 6.07) is 11.6. The van der Waals surface area contributed by atoms with Crippen molar-refractivity contribution < 1.29 is 0 Å². The van der Waals surface area contributed by atoms with E-state index in [1.807, 2.05) is 25.1 Å². The second-order valence-electron chi connectivity index (χ2n) is 3.74. The molecular weight excluding hydrogens is 405 g/mol. The highest BCUT2D eigenvalue weighted by Gasteiger charge is 2.04. The van der Waals surface area contributed by atoms with Crippen LogP contribution in [0.4, 0.5) is 11.5 Å². The molecular formula is C13H9BrIN3. The van der Waals surface area contributed by atoms with Crippen LogP contribution in [0.3, 0.4) is 0 Å². The van der Waals surface area contributed by atoms with Crippen molar-refractivity contribution in [1.82, 2.24) is 4.98 Å². The molecule has 0 unspecified atom stereocenters. The molecule has 1 heterocycles. The molecule has 0 aliphatic carbocycles. The fourth-order valence-corrected chi connectivity index (χ4v) is 2.37. The minimum Gasteiger partial charge on any atom is -0.339 e. The van der Waals surface area contributed by atoms with E-state index in [0.717, 1.165) is 19.4 Å². The molecule has 18 heavy (non-hydrogen) atoms. The molecule has 0 amide bonds. The normalized spacial score (nSPS) is 9.89. The first-order valence-electron chi connectivity index (χ1n) is 5.19. The second-order valence-corrected chi connectivity index (χ2v) is 5.84. The molecule has 0 fully saturated rings. The highest BCUT2D eigenvalue weighted by molar-refractivity contribution is 14.1. The second kappa shape index (κ2) is 5.67. The molecule has 0 bridgehead atoms. The Morgan fingerprint density at radius 1 is 1.33 bits per heavy atom. The Morgan fingerprint density at radius 2 is 2.11 bits per heavy atom. The third kappa shape index (κ3) is 3.21. The highest BCUT2D eigenvalue weighted by atomic mass is 127. The molecule has 1 N–H and O–H groups in total. The van der Waals surface area contributed by atoms with Crippen LogP contribution in [0.2, 0.25) is 0 Å². The smallest absolute Gasteiger partial charge is 0.131 e. The molecule has 3 nitrogen and oxygen atoms in total. The van der Waals surface area contributed by atoms with Gasteiger partial charge in [0.05, 0.1) is 17.3 Å². The number of aromatic nitrogens is 1. The number of nitrogens with one attached hydrogen (secondary N) is 1. The monoisotopic (exact) mass is 413 g/mol. The summed E-state index contributed by atoms with van der Waals surface area (Å²) in [5.74, 6) is 0.675. The summed E-state index contributed by atoms with van der Waals surface area (Å²) in [5, 5.41) is 12.1. The number of nitriles is 1. The maximum Gasteiger partial charge on any atom is 0.131 e. The number of nitrogens with zero attached hydrogens (tertiary/aromatic N) is 2. The molecule has 0 radical (unpaired) electrons. The molecule has 0 atom stereocenters. The predicted octanol–water partition coefficient (Wildman–Crippen LogP) is 4.37. The van der Waals surface area contributed by atoms with Crippen molar-refractivity contribution in [3.8, 4) is 6.07 Å². The van der Waals surface area contributed by atoms with Crippen LogP contribution >= 0.6 is 38.5 Å². The molecule has 0 aliphatic rings. The van der Waals surface area contributed by atoms with Crippen molar-refractivity contribution in [2.45, 2.75) is 6.92 Å². The van der Waals surface area contributed by atoms with Gasteiger partial charge in [-0.25, -0.2) is 4.98 Å². The molecule has 1 aromatic carbocycles. The van der Waals surface area contributed by atoms with Gasteiger partial charge in [0, 0.05) is 13.7 Å². The van der Waals surface area contributed by atoms with Gasteiger partial charge in [-0.1, -0.05) is 0 Å². The fraction of sp³-hybridized carbons (Fsp3) is 0.0769. The van der Waals surface area contributed by atoms with Gasteiger partial charge in [-0.3, -0.25) is 0 Å². The molecule has 0 spiro atoms. The summed E-state index contributed by atoms with van der Waals surface area (Å²) in [7, 11) is 0. The molecule has 0 saturated heterocycles. The summed E-state index contributed by atoms with van der Waals surface area (Å²) < 4.78 is 2.09. The average Bonchev–Trinajstić information content (AvgIpc) is 2.33. The molecule has 0 aliphatic heterocycles. The first-order chi connectivity index (χ1) is 8.58. The third-order valence-electron chi connectivity index (χ3n) is 2.27. The summed E-state index contributed by atoms with van der Waals surface area (Å²) in [6.45, 7) is 1.87. The minimum absolute atomic E-state index is 0.603. The maximum atomic E-state index is 8.94. The number of rotatable bonds is 2. The summed E-state index contributed by atoms with van der Waals surface area (Å²) in [5.41, 5.74) is 2.36. The summed E-state index contributed by atoms with van der Waals surface area (Å²) >= 11 is 5.74. The van der Waals surface area contributed by atoms with Crippen LogP contribution < -0.4 is 5.32 Å². The SMILES string of the molecule is Cc1cc(C#N)cc(Nc2cc(I)ccc2Br)n1. The Kier molecular flexibility index (Phi) is 4.19. The highest BCUT2D eigenvalue weighted by Crippen LogP contribution is 2.27. The van der Waals surface area contributed by atoms with Gasteiger partial charge >= 0.3 is 0 Å². The summed E-state index contributed by atoms with van der Waals surface area (Å²) in [4.78, 5) is 4.36. The van der Waals surface area contributed by atoms with Crippen molar-refractivity contribution in [1.29, 1.82) is 5.26 Å². The molecule has 1 aromatic heterocycles. The van der Waals surface area contributed by atoms with Crippen molar-refractivity contribution in [2.24, 2.45) is 0 Å². The van der Waals surface area contributed by atoms with Crippen LogP contribution in [-0.2, 0) is 0 Å². The lowest BCUT2D eigenvalue weighted by Crippen LogP contribution is -1.97. The van der Waals surface area contributed by atoms with Gasteiger partial charge in [-0.15, -0.1) is 0 Å². The first-order valence-corrected chi connectivity index (χ1v) is 7.06. The Morgan fingerprint density at radius 3 is 2.83 bits per heavy atom. The minimum atomic E-state index is 0.603. The number of hydrogen-bond donors (Lipinski definition) is 1. The molecule has 90 valence electrons. The maximum absolute atomic E-state index is 8.94. The van der Waals surface area contributed by atoms with Gasteiger partial charge < -0.3 is 5.32 Å². The lowest BCUT2D eigenvalue weighted by atomic mass is 10.2. The van der Waals surface area contributed by atoms with Gasteiger partial charge in [0.2, 0.25) is 0 Å². The average molecular weight is 414 g/mol. The predicted molar refractivity (Wildman–Crippen MR) is 83.8 cm³/mol. The van der Waals surface area contributed by atoms with Crippen molar-refractivity contribution in [3.63, 3.8) is 0 Å². The van der Waals surface area contributed by atoms with Crippen molar-refractivity contribution >= 4 is 50.0 Å². The molecule has 5 heteroatoms. The number of pyridine rings is 1. The van der Waals surface area contributed by atoms with E-state index in [1.54, 1.807) is 12.1 Å². The molecule has 2 aromatic rings. The number of benzene rings is 1. The Labute approximate surface area is 128 Å². The van der Waals surface area contributed by atoms with Gasteiger partial charge in [0.25, 0.3) is 0 Å². The number of anilines is 2. The quantitative estimate of drug-likeness (QED) is 0.743. The Balaban J connectivity index is 2.37. The van der Waals surface area contributed by atoms with Crippen molar-refractivity contribution in [2.75, 3.05) is 5.32 Å². The van der Waals surface area contributed by atoms with E-state index in [9.17, 15) is 0 Å². The van der Waals surface area contributed by atoms with Gasteiger partial charge in [-0.05, 0) is 75.8 Å². The van der Waals surface area contributed by atoms with Crippen LogP contribution in [0.5, 0.6) is 0 Å². The van der Waals surface area contributed by atoms with Gasteiger partial charge in [0.1, 0.15) is 5.82 Å². The Hall–Kier alpha value is -1.13. The zero-order valence-corrected chi connectivity index (χ0v) is 13.3. The number of hydrogen-bond acceptors (Lipinski definition) is 3. The standard InChI is InChI=1S/C13H9BrIN3/c1-8-4-9(7-16)5-13(17-8)18-12-6-10(15)2-3-11(12)14/h2-6H,1H3,(H,17,18). The van der Waals surface area contributed by atoms with E-state index in [2.05, 4.69) is 54.9 Å². The van der Waals surface area contributed by atoms with E-state index >= 15 is 0 Å². The van der Waals surface area contributed by atoms with Crippen LogP contribution in [0.15, 0.2) is 34.8 Å². The third-order valence-corrected chi connectivity index (χ3v) is 3.64. The van der Waals surface area contributed by atoms with Crippen LogP contribution in [-0.4, -0.2) is 4.98 Å². The fourth-order valence-electron chi connectivity index (χ4n) is 1.53. The lowest BCUT2D eigenvalue weighted by molar-refractivity contribution is 1.19. The summed E-state index contributed by atoms with van der Waals surface area (Å²) in [6.07, 6.45) is 0. The van der Waals surface area contributed by atoms with E-state index in [-0.39, 0.29) is 0 Å². The Bertz CT molecular complexity index is 635. The van der Waals surface area contributed by atoms with Gasteiger partial charge in [-0.2, -0.15) is 5.26 Å². The van der Waals surface area contributed by atoms with Crippen LogP contribution in [0.25, 0.3) is 0 Å². The number of halogens is 2. The van der Waals surface area contributed by atoms with E-state index in [4.69, 9.17) is 5.26 Å². The van der Waals surface area contributed by atoms with E-state index < -0.39 is 0 Å². The molecule has 0 saturated carbocycles. The first kappa shape index (κ1) is 13.3. The van der Waals surface area contributed by atoms with E-state index in [1.165, 1.54) is 0 Å². The van der Waals surface area contributed by atoms with Gasteiger partial charge in [0.15, 0.2) is 0 Å². The van der Waals surface area contributed by atoms with Crippen LogP contribution in [0.1, 0.15) is 11.3 Å². The zero-order valence-electron chi connectivity index (χ0n) is 9.54. The number of aryl methyl sites for hydroxylation is 1. The largest absolute Gasteiger partial charge is 0.339 e. The topological polar surface area (TPSA) is 48.7 Å². The lowest BCUT2D eigenvalue weighted by Gasteiger charge is -2.09. The molecule has 2 rings (SSSR count).